The zero-order chi connectivity index (χ0) is 20.1. The van der Waals surface area contributed by atoms with E-state index >= 15 is 0 Å². The number of carbonyl (C=O) groups excluding carboxylic acids is 1. The number of benzene rings is 1. The number of nitrogens with two attached hydrogens (primary N) is 1. The Balaban J connectivity index is 3.19. The fourth-order valence-electron chi connectivity index (χ4n) is 1.92. The molecule has 144 valence electrons. The summed E-state index contributed by atoms with van der Waals surface area (Å²) in [7, 11) is -3.67. The Labute approximate surface area is 161 Å². The van der Waals surface area contributed by atoms with E-state index in [-0.39, 0.29) is 30.8 Å². The monoisotopic (exact) mass is 502 g/mol. The number of hydrogen-bond acceptors (Lipinski definition) is 9. The zero-order valence-electron chi connectivity index (χ0n) is 13.4. The molecule has 0 saturated heterocycles. The van der Waals surface area contributed by atoms with Crippen LogP contribution in [-0.4, -0.2) is 47.5 Å². The number of carbonyl (C=O) groups is 1. The highest BCUT2D eigenvalue weighted by atomic mass is 127. The topological polar surface area (TPSA) is 185 Å². The lowest BCUT2D eigenvalue weighted by atomic mass is 10.0. The Bertz CT molecular complexity index is 829. The quantitative estimate of drug-likeness (QED) is 0.116. The number of rotatable bonds is 10. The largest absolute Gasteiger partial charge is 0.377 e. The second kappa shape index (κ2) is 9.04. The third-order valence-corrected chi connectivity index (χ3v) is 4.66. The molecule has 0 spiro atoms. The molecule has 0 bridgehead atoms. The molecule has 0 aromatic heterocycles. The third kappa shape index (κ3) is 6.68. The number of amides is 1. The van der Waals surface area contributed by atoms with Gasteiger partial charge in [0.05, 0.1) is 32.7 Å². The Hall–Kier alpha value is -2.07. The number of alkyl halides is 1. The standard InChI is InChI=1S/C12H15IN4O8S/c1-26(23,24)25-3-2-15-9-5-7(4-8(13)12(14)18)10(16(19)20)6-11(9)17(21)22/h5-6,8,15H,2-4H2,1H3,(H2,14,18). The molecule has 1 aromatic carbocycles. The summed E-state index contributed by atoms with van der Waals surface area (Å²) in [5.41, 5.74) is 4.08. The van der Waals surface area contributed by atoms with Crippen LogP contribution in [0.5, 0.6) is 0 Å². The van der Waals surface area contributed by atoms with Crippen molar-refractivity contribution >= 4 is 55.7 Å². The van der Waals surface area contributed by atoms with Gasteiger partial charge in [-0.05, 0) is 12.5 Å². The number of nitro groups is 2. The van der Waals surface area contributed by atoms with E-state index in [1.54, 1.807) is 22.6 Å². The predicted octanol–water partition coefficient (Wildman–Crippen LogP) is 0.722. The van der Waals surface area contributed by atoms with Gasteiger partial charge in [0.1, 0.15) is 5.69 Å². The zero-order valence-corrected chi connectivity index (χ0v) is 16.4. The molecule has 1 amide bonds. The van der Waals surface area contributed by atoms with Gasteiger partial charge in [-0.1, -0.05) is 22.6 Å². The van der Waals surface area contributed by atoms with Crippen molar-refractivity contribution in [3.8, 4) is 0 Å². The summed E-state index contributed by atoms with van der Waals surface area (Å²) in [6, 6.07) is 1.95. The number of nitrogens with one attached hydrogen (secondary N) is 1. The maximum atomic E-state index is 11.2. The van der Waals surface area contributed by atoms with Crippen molar-refractivity contribution < 1.29 is 27.2 Å². The van der Waals surface area contributed by atoms with Crippen molar-refractivity contribution in [2.24, 2.45) is 5.73 Å². The molecule has 0 radical (unpaired) electrons. The van der Waals surface area contributed by atoms with E-state index in [4.69, 9.17) is 5.73 Å². The maximum absolute atomic E-state index is 11.2. The fourth-order valence-corrected chi connectivity index (χ4v) is 2.78. The summed E-state index contributed by atoms with van der Waals surface area (Å²) in [5.74, 6) is -0.686. The molecule has 3 N–H and O–H groups in total. The second-order valence-corrected chi connectivity index (χ2v) is 8.19. The molecule has 26 heavy (non-hydrogen) atoms. The average molecular weight is 502 g/mol. The lowest BCUT2D eigenvalue weighted by Crippen LogP contribution is -2.25. The van der Waals surface area contributed by atoms with Crippen molar-refractivity contribution in [1.82, 2.24) is 0 Å². The van der Waals surface area contributed by atoms with Gasteiger partial charge in [0, 0.05) is 12.1 Å². The summed E-state index contributed by atoms with van der Waals surface area (Å²) < 4.78 is 25.6. The SMILES string of the molecule is CS(=O)(=O)OCCNc1cc(CC(I)C(N)=O)c([N+](=O)[O-])cc1[N+](=O)[O-]. The van der Waals surface area contributed by atoms with Crippen LogP contribution in [0.2, 0.25) is 0 Å². The Morgan fingerprint density at radius 2 is 1.88 bits per heavy atom. The van der Waals surface area contributed by atoms with Gasteiger partial charge in [0.25, 0.3) is 21.5 Å². The van der Waals surface area contributed by atoms with Crippen LogP contribution in [0.25, 0.3) is 0 Å². The number of primary amides is 1. The molecular weight excluding hydrogens is 487 g/mol. The summed E-state index contributed by atoms with van der Waals surface area (Å²) in [6.45, 7) is -0.396. The summed E-state index contributed by atoms with van der Waals surface area (Å²) >= 11 is 1.71. The molecule has 14 heteroatoms. The van der Waals surface area contributed by atoms with E-state index in [9.17, 15) is 33.4 Å². The molecule has 0 aliphatic heterocycles. The van der Waals surface area contributed by atoms with Gasteiger partial charge in [-0.3, -0.25) is 29.2 Å². The minimum atomic E-state index is -3.67. The average Bonchev–Trinajstić information content (AvgIpc) is 2.49. The number of nitrogens with zero attached hydrogens (tertiary/aromatic N) is 2. The van der Waals surface area contributed by atoms with Crippen LogP contribution in [0, 0.1) is 20.2 Å². The van der Waals surface area contributed by atoms with Crippen LogP contribution in [0.4, 0.5) is 17.1 Å². The Morgan fingerprint density at radius 1 is 1.31 bits per heavy atom. The van der Waals surface area contributed by atoms with Crippen molar-refractivity contribution in [3.05, 3.63) is 37.9 Å². The second-order valence-electron chi connectivity index (χ2n) is 5.04. The highest BCUT2D eigenvalue weighted by molar-refractivity contribution is 14.1. The highest BCUT2D eigenvalue weighted by Gasteiger charge is 2.26. The normalized spacial score (nSPS) is 12.4. The lowest BCUT2D eigenvalue weighted by molar-refractivity contribution is -0.394. The number of halogens is 1. The van der Waals surface area contributed by atoms with Crippen molar-refractivity contribution in [1.29, 1.82) is 0 Å². The van der Waals surface area contributed by atoms with Gasteiger partial charge in [0.2, 0.25) is 5.91 Å². The Kier molecular flexibility index (Phi) is 7.64. The molecule has 0 fully saturated rings. The highest BCUT2D eigenvalue weighted by Crippen LogP contribution is 2.34. The predicted molar refractivity (Wildman–Crippen MR) is 99.7 cm³/mol. The molecule has 1 aromatic rings. The molecule has 1 atom stereocenters. The Morgan fingerprint density at radius 3 is 2.35 bits per heavy atom. The lowest BCUT2D eigenvalue weighted by Gasteiger charge is -2.11. The third-order valence-electron chi connectivity index (χ3n) is 3.01. The van der Waals surface area contributed by atoms with Gasteiger partial charge < -0.3 is 11.1 Å². The van der Waals surface area contributed by atoms with Gasteiger partial charge >= 0.3 is 0 Å². The van der Waals surface area contributed by atoms with Crippen molar-refractivity contribution in [2.45, 2.75) is 10.3 Å². The summed E-state index contributed by atoms with van der Waals surface area (Å²) in [4.78, 5) is 32.0. The van der Waals surface area contributed by atoms with E-state index in [0.29, 0.717) is 0 Å². The van der Waals surface area contributed by atoms with E-state index in [1.807, 2.05) is 0 Å². The van der Waals surface area contributed by atoms with Crippen LogP contribution in [0.1, 0.15) is 5.56 Å². The number of anilines is 1. The first-order valence-corrected chi connectivity index (χ1v) is 9.96. The molecular formula is C12H15IN4O8S. The molecule has 1 unspecified atom stereocenters. The first kappa shape index (κ1) is 22.0. The molecule has 0 saturated carbocycles. The van der Waals surface area contributed by atoms with Gasteiger partial charge in [0.15, 0.2) is 0 Å². The first-order chi connectivity index (χ1) is 11.9. The number of hydrogen-bond donors (Lipinski definition) is 2. The van der Waals surface area contributed by atoms with Crippen molar-refractivity contribution in [2.75, 3.05) is 24.7 Å². The van der Waals surface area contributed by atoms with Crippen molar-refractivity contribution in [3.63, 3.8) is 0 Å². The van der Waals surface area contributed by atoms with Crippen LogP contribution < -0.4 is 11.1 Å². The van der Waals surface area contributed by atoms with Crippen LogP contribution in [-0.2, 0) is 25.5 Å². The molecule has 12 nitrogen and oxygen atoms in total. The summed E-state index contributed by atoms with van der Waals surface area (Å²) in [5, 5.41) is 25.0. The van der Waals surface area contributed by atoms with Gasteiger partial charge in [-0.2, -0.15) is 8.42 Å². The fraction of sp³-hybridized carbons (Fsp3) is 0.417. The van der Waals surface area contributed by atoms with Crippen LogP contribution >= 0.6 is 22.6 Å². The van der Waals surface area contributed by atoms with E-state index < -0.39 is 41.2 Å². The minimum absolute atomic E-state index is 0.0687. The van der Waals surface area contributed by atoms with Crippen LogP contribution in [0.3, 0.4) is 0 Å². The minimum Gasteiger partial charge on any atom is -0.377 e. The molecule has 1 rings (SSSR count). The maximum Gasteiger partial charge on any atom is 0.299 e. The first-order valence-electron chi connectivity index (χ1n) is 6.89. The van der Waals surface area contributed by atoms with Gasteiger partial charge in [-0.25, -0.2) is 0 Å². The molecule has 0 heterocycles. The van der Waals surface area contributed by atoms with E-state index in [2.05, 4.69) is 9.50 Å². The smallest absolute Gasteiger partial charge is 0.299 e. The van der Waals surface area contributed by atoms with Crippen LogP contribution in [0.15, 0.2) is 12.1 Å². The van der Waals surface area contributed by atoms with Gasteiger partial charge in [-0.15, -0.1) is 0 Å². The summed E-state index contributed by atoms with van der Waals surface area (Å²) in [6.07, 6.45) is 0.753. The number of nitro benzene ring substituents is 2. The van der Waals surface area contributed by atoms with E-state index in [1.165, 1.54) is 6.07 Å². The molecule has 0 aliphatic carbocycles. The molecule has 0 aliphatic rings. The van der Waals surface area contributed by atoms with E-state index in [0.717, 1.165) is 12.3 Å².